The molecule has 0 radical (unpaired) electrons. The van der Waals surface area contributed by atoms with Crippen molar-refractivity contribution in [3.05, 3.63) is 24.3 Å². The highest BCUT2D eigenvalue weighted by molar-refractivity contribution is 5.39. The number of benzene rings is 1. The molecule has 1 saturated heterocycles. The van der Waals surface area contributed by atoms with Crippen LogP contribution >= 0.6 is 0 Å². The van der Waals surface area contributed by atoms with Gasteiger partial charge in [-0.2, -0.15) is 0 Å². The third-order valence-electron chi connectivity index (χ3n) is 3.35. The summed E-state index contributed by atoms with van der Waals surface area (Å²) in [5.74, 6) is 1.94. The normalized spacial score (nSPS) is 23.7. The van der Waals surface area contributed by atoms with Crippen molar-refractivity contribution in [1.82, 2.24) is 0 Å². The molecule has 0 bridgehead atoms. The zero-order valence-corrected chi connectivity index (χ0v) is 10.8. The highest BCUT2D eigenvalue weighted by Gasteiger charge is 2.22. The molecule has 1 aliphatic heterocycles. The molecule has 0 aromatic heterocycles. The molecule has 1 fully saturated rings. The van der Waals surface area contributed by atoms with Gasteiger partial charge in [-0.3, -0.25) is 0 Å². The molecule has 1 heterocycles. The average Bonchev–Trinajstić information content (AvgIpc) is 2.41. The summed E-state index contributed by atoms with van der Waals surface area (Å²) in [6.45, 7) is 2.17. The molecule has 1 aliphatic rings. The van der Waals surface area contributed by atoms with Gasteiger partial charge in [-0.05, 0) is 25.0 Å². The van der Waals surface area contributed by atoms with Gasteiger partial charge in [0.05, 0.1) is 20.3 Å². The second kappa shape index (κ2) is 6.61. The van der Waals surface area contributed by atoms with E-state index in [1.807, 2.05) is 24.3 Å². The number of para-hydroxylation sites is 2. The van der Waals surface area contributed by atoms with E-state index in [4.69, 9.17) is 19.9 Å². The van der Waals surface area contributed by atoms with Crippen LogP contribution < -0.4 is 15.2 Å². The van der Waals surface area contributed by atoms with Crippen LogP contribution in [-0.2, 0) is 4.74 Å². The van der Waals surface area contributed by atoms with Crippen molar-refractivity contribution in [2.24, 2.45) is 11.7 Å². The Morgan fingerprint density at radius 3 is 2.83 bits per heavy atom. The van der Waals surface area contributed by atoms with Crippen LogP contribution in [-0.4, -0.2) is 33.0 Å². The summed E-state index contributed by atoms with van der Waals surface area (Å²) >= 11 is 0. The smallest absolute Gasteiger partial charge is 0.161 e. The molecular weight excluding hydrogens is 230 g/mol. The van der Waals surface area contributed by atoms with Crippen molar-refractivity contribution in [1.29, 1.82) is 0 Å². The van der Waals surface area contributed by atoms with Crippen molar-refractivity contribution >= 4 is 0 Å². The summed E-state index contributed by atoms with van der Waals surface area (Å²) in [5, 5.41) is 0. The minimum absolute atomic E-state index is 0.236. The maximum atomic E-state index is 6.05. The summed E-state index contributed by atoms with van der Waals surface area (Å²) in [6, 6.07) is 7.91. The molecule has 1 aromatic rings. The van der Waals surface area contributed by atoms with Crippen molar-refractivity contribution in [3.8, 4) is 11.5 Å². The van der Waals surface area contributed by atoms with Crippen LogP contribution in [0.2, 0.25) is 0 Å². The van der Waals surface area contributed by atoms with E-state index in [1.165, 1.54) is 0 Å². The summed E-state index contributed by atoms with van der Waals surface area (Å²) in [5.41, 5.74) is 6.05. The van der Waals surface area contributed by atoms with Crippen LogP contribution in [0.1, 0.15) is 12.8 Å². The first-order chi connectivity index (χ1) is 8.81. The molecule has 0 amide bonds. The molecular formula is C14H21NO3. The van der Waals surface area contributed by atoms with Gasteiger partial charge in [-0.1, -0.05) is 12.1 Å². The van der Waals surface area contributed by atoms with E-state index in [0.717, 1.165) is 37.6 Å². The van der Waals surface area contributed by atoms with Gasteiger partial charge < -0.3 is 19.9 Å². The molecule has 2 atom stereocenters. The predicted octanol–water partition coefficient (Wildman–Crippen LogP) is 1.83. The SMILES string of the molecule is COc1ccccc1OCCC1COCCC1N. The molecule has 1 aromatic carbocycles. The molecule has 0 saturated carbocycles. The first-order valence-corrected chi connectivity index (χ1v) is 6.40. The lowest BCUT2D eigenvalue weighted by Crippen LogP contribution is -2.39. The molecule has 2 rings (SSSR count). The molecule has 18 heavy (non-hydrogen) atoms. The lowest BCUT2D eigenvalue weighted by atomic mass is 9.94. The number of hydrogen-bond acceptors (Lipinski definition) is 4. The topological polar surface area (TPSA) is 53.7 Å². The molecule has 100 valence electrons. The summed E-state index contributed by atoms with van der Waals surface area (Å²) in [7, 11) is 1.65. The third kappa shape index (κ3) is 3.37. The van der Waals surface area contributed by atoms with Crippen molar-refractivity contribution in [3.63, 3.8) is 0 Å². The second-order valence-corrected chi connectivity index (χ2v) is 4.58. The van der Waals surface area contributed by atoms with Gasteiger partial charge in [0.25, 0.3) is 0 Å². The third-order valence-corrected chi connectivity index (χ3v) is 3.35. The zero-order valence-electron chi connectivity index (χ0n) is 10.8. The maximum absolute atomic E-state index is 6.05. The molecule has 2 N–H and O–H groups in total. The highest BCUT2D eigenvalue weighted by Crippen LogP contribution is 2.26. The Morgan fingerprint density at radius 2 is 2.11 bits per heavy atom. The highest BCUT2D eigenvalue weighted by atomic mass is 16.5. The Labute approximate surface area is 108 Å². The van der Waals surface area contributed by atoms with Crippen LogP contribution in [0.15, 0.2) is 24.3 Å². The fourth-order valence-electron chi connectivity index (χ4n) is 2.17. The quantitative estimate of drug-likeness (QED) is 0.867. The molecule has 2 unspecified atom stereocenters. The van der Waals surface area contributed by atoms with Crippen LogP contribution in [0.5, 0.6) is 11.5 Å². The maximum Gasteiger partial charge on any atom is 0.161 e. The van der Waals surface area contributed by atoms with Gasteiger partial charge in [-0.25, -0.2) is 0 Å². The van der Waals surface area contributed by atoms with E-state index in [0.29, 0.717) is 12.5 Å². The van der Waals surface area contributed by atoms with E-state index in [2.05, 4.69) is 0 Å². The van der Waals surface area contributed by atoms with Crippen LogP contribution in [0.25, 0.3) is 0 Å². The fraction of sp³-hybridized carbons (Fsp3) is 0.571. The Balaban J connectivity index is 1.80. The van der Waals surface area contributed by atoms with E-state index < -0.39 is 0 Å². The van der Waals surface area contributed by atoms with E-state index in [9.17, 15) is 0 Å². The van der Waals surface area contributed by atoms with Crippen molar-refractivity contribution < 1.29 is 14.2 Å². The van der Waals surface area contributed by atoms with E-state index in [-0.39, 0.29) is 6.04 Å². The number of hydrogen-bond donors (Lipinski definition) is 1. The predicted molar refractivity (Wildman–Crippen MR) is 70.0 cm³/mol. The van der Waals surface area contributed by atoms with Crippen LogP contribution in [0.3, 0.4) is 0 Å². The van der Waals surface area contributed by atoms with Gasteiger partial charge >= 0.3 is 0 Å². The van der Waals surface area contributed by atoms with Gasteiger partial charge in [0.1, 0.15) is 0 Å². The molecule has 0 aliphatic carbocycles. The monoisotopic (exact) mass is 251 g/mol. The lowest BCUT2D eigenvalue weighted by Gasteiger charge is -2.28. The number of nitrogens with two attached hydrogens (primary N) is 1. The number of ether oxygens (including phenoxy) is 3. The van der Waals surface area contributed by atoms with Gasteiger partial charge in [-0.15, -0.1) is 0 Å². The molecule has 0 spiro atoms. The number of rotatable bonds is 5. The van der Waals surface area contributed by atoms with Crippen molar-refractivity contribution in [2.45, 2.75) is 18.9 Å². The van der Waals surface area contributed by atoms with E-state index in [1.54, 1.807) is 7.11 Å². The minimum Gasteiger partial charge on any atom is -0.493 e. The van der Waals surface area contributed by atoms with Gasteiger partial charge in [0.15, 0.2) is 11.5 Å². The number of methoxy groups -OCH3 is 1. The van der Waals surface area contributed by atoms with Gasteiger partial charge in [0, 0.05) is 18.6 Å². The van der Waals surface area contributed by atoms with Crippen molar-refractivity contribution in [2.75, 3.05) is 26.9 Å². The average molecular weight is 251 g/mol. The Kier molecular flexibility index (Phi) is 4.84. The zero-order chi connectivity index (χ0) is 12.8. The molecule has 4 heteroatoms. The molecule has 4 nitrogen and oxygen atoms in total. The van der Waals surface area contributed by atoms with Gasteiger partial charge in [0.2, 0.25) is 0 Å². The second-order valence-electron chi connectivity index (χ2n) is 4.58. The Bertz CT molecular complexity index is 370. The first-order valence-electron chi connectivity index (χ1n) is 6.40. The largest absolute Gasteiger partial charge is 0.493 e. The van der Waals surface area contributed by atoms with E-state index >= 15 is 0 Å². The first kappa shape index (κ1) is 13.2. The summed E-state index contributed by atoms with van der Waals surface area (Å²) in [4.78, 5) is 0. The van der Waals surface area contributed by atoms with Crippen LogP contribution in [0.4, 0.5) is 0 Å². The summed E-state index contributed by atoms with van der Waals surface area (Å²) in [6.07, 6.45) is 1.86. The standard InChI is InChI=1S/C14H21NO3/c1-16-13-4-2-3-5-14(13)18-9-6-11-10-17-8-7-12(11)15/h2-5,11-12H,6-10,15H2,1H3. The lowest BCUT2D eigenvalue weighted by molar-refractivity contribution is 0.0334. The Hall–Kier alpha value is -1.26. The minimum atomic E-state index is 0.236. The fourth-order valence-corrected chi connectivity index (χ4v) is 2.17. The van der Waals surface area contributed by atoms with Crippen LogP contribution in [0, 0.1) is 5.92 Å². The summed E-state index contributed by atoms with van der Waals surface area (Å²) < 4.78 is 16.4. The Morgan fingerprint density at radius 1 is 1.33 bits per heavy atom.